The molecule has 102 valence electrons. The summed E-state index contributed by atoms with van der Waals surface area (Å²) in [7, 11) is 3.24. The number of rotatable bonds is 5. The first-order valence-electron chi connectivity index (χ1n) is 6.19. The molecule has 0 aliphatic heterocycles. The van der Waals surface area contributed by atoms with Crippen molar-refractivity contribution in [1.82, 2.24) is 4.98 Å². The van der Waals surface area contributed by atoms with E-state index in [-0.39, 0.29) is 6.29 Å². The molecule has 1 heterocycles. The molecule has 0 saturated heterocycles. The van der Waals surface area contributed by atoms with Gasteiger partial charge >= 0.3 is 0 Å². The van der Waals surface area contributed by atoms with E-state index in [1.54, 1.807) is 25.6 Å². The average Bonchev–Trinajstić information content (AvgIpc) is 2.78. The molecule has 19 heavy (non-hydrogen) atoms. The number of nitrogens with zero attached hydrogens (tertiary/aromatic N) is 1. The lowest BCUT2D eigenvalue weighted by Gasteiger charge is -2.09. The molecule has 0 radical (unpaired) electrons. The molecule has 0 saturated carbocycles. The summed E-state index contributed by atoms with van der Waals surface area (Å²) in [4.78, 5) is 4.58. The highest BCUT2D eigenvalue weighted by Crippen LogP contribution is 2.22. The van der Waals surface area contributed by atoms with Crippen molar-refractivity contribution >= 4 is 11.3 Å². The Morgan fingerprint density at radius 3 is 2.32 bits per heavy atom. The smallest absolute Gasteiger partial charge is 0.201 e. The molecule has 0 atom stereocenters. The van der Waals surface area contributed by atoms with Crippen LogP contribution in [0.5, 0.6) is 0 Å². The maximum absolute atomic E-state index is 5.21. The molecular formula is C15H19NO2S. The van der Waals surface area contributed by atoms with E-state index >= 15 is 0 Å². The molecule has 0 bridgehead atoms. The van der Waals surface area contributed by atoms with Crippen molar-refractivity contribution in [2.45, 2.75) is 26.6 Å². The average molecular weight is 277 g/mol. The zero-order valence-corrected chi connectivity index (χ0v) is 12.6. The van der Waals surface area contributed by atoms with Crippen molar-refractivity contribution in [1.29, 1.82) is 0 Å². The highest BCUT2D eigenvalue weighted by Gasteiger charge is 2.13. The molecule has 2 rings (SSSR count). The normalized spacial score (nSPS) is 11.2. The van der Waals surface area contributed by atoms with Crippen molar-refractivity contribution in [3.05, 3.63) is 51.0 Å². The molecule has 0 amide bonds. The lowest BCUT2D eigenvalue weighted by Crippen LogP contribution is -2.04. The van der Waals surface area contributed by atoms with Crippen LogP contribution in [0, 0.1) is 13.8 Å². The van der Waals surface area contributed by atoms with E-state index in [1.807, 2.05) is 5.38 Å². The number of aryl methyl sites for hydroxylation is 2. The van der Waals surface area contributed by atoms with E-state index in [2.05, 4.69) is 37.0 Å². The molecule has 0 fully saturated rings. The number of benzene rings is 1. The molecule has 1 aromatic heterocycles. The monoisotopic (exact) mass is 277 g/mol. The van der Waals surface area contributed by atoms with Crippen LogP contribution < -0.4 is 0 Å². The van der Waals surface area contributed by atoms with Crippen LogP contribution in [0.15, 0.2) is 23.6 Å². The first kappa shape index (κ1) is 14.2. The first-order chi connectivity index (χ1) is 9.12. The van der Waals surface area contributed by atoms with E-state index in [1.165, 1.54) is 16.7 Å². The van der Waals surface area contributed by atoms with Crippen LogP contribution in [0.4, 0.5) is 0 Å². The van der Waals surface area contributed by atoms with Gasteiger partial charge in [-0.05, 0) is 19.4 Å². The van der Waals surface area contributed by atoms with Gasteiger partial charge in [-0.15, -0.1) is 11.3 Å². The largest absolute Gasteiger partial charge is 0.350 e. The second-order valence-corrected chi connectivity index (χ2v) is 5.58. The highest BCUT2D eigenvalue weighted by atomic mass is 32.1. The van der Waals surface area contributed by atoms with Gasteiger partial charge in [0.1, 0.15) is 5.69 Å². The molecule has 3 nitrogen and oxygen atoms in total. The second kappa shape index (κ2) is 6.28. The summed E-state index contributed by atoms with van der Waals surface area (Å²) in [6.07, 6.45) is 0.483. The van der Waals surface area contributed by atoms with Gasteiger partial charge in [0.2, 0.25) is 6.29 Å². The molecule has 2 aromatic rings. The number of methoxy groups -OCH3 is 2. The van der Waals surface area contributed by atoms with Crippen LogP contribution >= 0.6 is 11.3 Å². The van der Waals surface area contributed by atoms with Crippen LogP contribution in [0.1, 0.15) is 33.7 Å². The van der Waals surface area contributed by atoms with E-state index in [4.69, 9.17) is 9.47 Å². The Morgan fingerprint density at radius 1 is 1.11 bits per heavy atom. The minimum Gasteiger partial charge on any atom is -0.350 e. The van der Waals surface area contributed by atoms with Gasteiger partial charge in [-0.1, -0.05) is 29.3 Å². The van der Waals surface area contributed by atoms with E-state index < -0.39 is 0 Å². The SMILES string of the molecule is COC(OC)c1csc(Cc2cc(C)cc(C)c2)n1. The zero-order chi connectivity index (χ0) is 13.8. The van der Waals surface area contributed by atoms with Gasteiger partial charge in [0, 0.05) is 26.0 Å². The van der Waals surface area contributed by atoms with E-state index in [0.29, 0.717) is 0 Å². The Kier molecular flexibility index (Phi) is 4.69. The summed E-state index contributed by atoms with van der Waals surface area (Å²) in [6, 6.07) is 6.60. The summed E-state index contributed by atoms with van der Waals surface area (Å²) in [5.41, 5.74) is 4.72. The Labute approximate surface area is 118 Å². The molecule has 0 aliphatic carbocycles. The maximum Gasteiger partial charge on any atom is 0.201 e. The van der Waals surface area contributed by atoms with Gasteiger partial charge in [-0.25, -0.2) is 4.98 Å². The van der Waals surface area contributed by atoms with Gasteiger partial charge in [0.15, 0.2) is 0 Å². The fraction of sp³-hybridized carbons (Fsp3) is 0.400. The molecule has 0 aliphatic rings. The van der Waals surface area contributed by atoms with Crippen LogP contribution in [0.25, 0.3) is 0 Å². The number of hydrogen-bond donors (Lipinski definition) is 0. The van der Waals surface area contributed by atoms with Gasteiger partial charge < -0.3 is 9.47 Å². The van der Waals surface area contributed by atoms with Gasteiger partial charge in [0.05, 0.1) is 5.01 Å². The summed E-state index contributed by atoms with van der Waals surface area (Å²) in [6.45, 7) is 4.24. The molecule has 1 aromatic carbocycles. The molecule has 0 unspecified atom stereocenters. The third-order valence-electron chi connectivity index (χ3n) is 2.88. The fourth-order valence-electron chi connectivity index (χ4n) is 2.20. The van der Waals surface area contributed by atoms with E-state index in [9.17, 15) is 0 Å². The molecule has 0 spiro atoms. The molecule has 4 heteroatoms. The minimum atomic E-state index is -0.371. The molecule has 0 N–H and O–H groups in total. The van der Waals surface area contributed by atoms with Gasteiger partial charge in [-0.2, -0.15) is 0 Å². The second-order valence-electron chi connectivity index (χ2n) is 4.64. The molecular weight excluding hydrogens is 258 g/mol. The first-order valence-corrected chi connectivity index (χ1v) is 7.07. The summed E-state index contributed by atoms with van der Waals surface area (Å²) in [5.74, 6) is 0. The quantitative estimate of drug-likeness (QED) is 0.782. The standard InChI is InChI=1S/C15H19NO2S/c1-10-5-11(2)7-12(6-10)8-14-16-13(9-19-14)15(17-3)18-4/h5-7,9,15H,8H2,1-4H3. The highest BCUT2D eigenvalue weighted by molar-refractivity contribution is 7.09. The van der Waals surface area contributed by atoms with Crippen molar-refractivity contribution < 1.29 is 9.47 Å². The number of aromatic nitrogens is 1. The Bertz CT molecular complexity index is 527. The summed E-state index contributed by atoms with van der Waals surface area (Å²) in [5, 5.41) is 3.08. The number of hydrogen-bond acceptors (Lipinski definition) is 4. The van der Waals surface area contributed by atoms with Crippen molar-refractivity contribution in [3.63, 3.8) is 0 Å². The third-order valence-corrected chi connectivity index (χ3v) is 3.74. The number of thiazole rings is 1. The van der Waals surface area contributed by atoms with Crippen molar-refractivity contribution in [2.24, 2.45) is 0 Å². The van der Waals surface area contributed by atoms with Crippen LogP contribution in [0.2, 0.25) is 0 Å². The Hall–Kier alpha value is -1.23. The van der Waals surface area contributed by atoms with Gasteiger partial charge in [0.25, 0.3) is 0 Å². The van der Waals surface area contributed by atoms with Crippen molar-refractivity contribution in [3.8, 4) is 0 Å². The lowest BCUT2D eigenvalue weighted by atomic mass is 10.1. The maximum atomic E-state index is 5.21. The van der Waals surface area contributed by atoms with E-state index in [0.717, 1.165) is 17.1 Å². The predicted molar refractivity (Wildman–Crippen MR) is 77.6 cm³/mol. The summed E-state index contributed by atoms with van der Waals surface area (Å²) < 4.78 is 10.4. The third kappa shape index (κ3) is 3.62. The summed E-state index contributed by atoms with van der Waals surface area (Å²) >= 11 is 1.64. The minimum absolute atomic E-state index is 0.371. The predicted octanol–water partition coefficient (Wildman–Crippen LogP) is 3.64. The topological polar surface area (TPSA) is 31.4 Å². The van der Waals surface area contributed by atoms with Crippen molar-refractivity contribution in [2.75, 3.05) is 14.2 Å². The van der Waals surface area contributed by atoms with Crippen LogP contribution in [-0.4, -0.2) is 19.2 Å². The zero-order valence-electron chi connectivity index (χ0n) is 11.8. The van der Waals surface area contributed by atoms with Crippen LogP contribution in [0.3, 0.4) is 0 Å². The Balaban J connectivity index is 2.15. The fourth-order valence-corrected chi connectivity index (χ4v) is 3.03. The van der Waals surface area contributed by atoms with Crippen LogP contribution in [-0.2, 0) is 15.9 Å². The Morgan fingerprint density at radius 2 is 1.74 bits per heavy atom. The van der Waals surface area contributed by atoms with Gasteiger partial charge in [-0.3, -0.25) is 0 Å². The lowest BCUT2D eigenvalue weighted by molar-refractivity contribution is -0.108. The number of ether oxygens (including phenoxy) is 2.